The maximum atomic E-state index is 11.1. The number of methoxy groups -OCH3 is 1. The fraction of sp³-hybridized carbons (Fsp3) is 0.143. The first-order valence-corrected chi connectivity index (χ1v) is 3.61. The zero-order valence-electron chi connectivity index (χ0n) is 7.77. The molecule has 0 aromatic carbocycles. The number of amides is 3. The highest BCUT2D eigenvalue weighted by Gasteiger charge is 2.19. The average Bonchev–Trinajstić information content (AvgIpc) is 2.21. The molecule has 8 nitrogen and oxygen atoms in total. The van der Waals surface area contributed by atoms with Gasteiger partial charge in [0, 0.05) is 0 Å². The van der Waals surface area contributed by atoms with Crippen LogP contribution in [-0.2, 0) is 23.9 Å². The van der Waals surface area contributed by atoms with Crippen LogP contribution in [0, 0.1) is 0 Å². The fourth-order valence-corrected chi connectivity index (χ4v) is 0.720. The summed E-state index contributed by atoms with van der Waals surface area (Å²) in [5.74, 6) is -2.10. The fourth-order valence-electron chi connectivity index (χ4n) is 0.720. The zero-order valence-corrected chi connectivity index (χ0v) is 7.77. The van der Waals surface area contributed by atoms with Gasteiger partial charge in [-0.3, -0.25) is 14.4 Å². The molecule has 0 unspecified atom stereocenters. The van der Waals surface area contributed by atoms with Gasteiger partial charge < -0.3 is 21.1 Å². The maximum Gasteiger partial charge on any atom is 0.356 e. The first kappa shape index (κ1) is 12.6. The molecule has 0 aromatic rings. The van der Waals surface area contributed by atoms with Crippen LogP contribution in [0.4, 0.5) is 0 Å². The van der Waals surface area contributed by atoms with Gasteiger partial charge in [-0.1, -0.05) is 0 Å². The number of primary amides is 1. The Labute approximate surface area is 84.4 Å². The molecule has 0 spiro atoms. The van der Waals surface area contributed by atoms with Crippen LogP contribution in [0.25, 0.3) is 0 Å². The number of carbonyl (C=O) groups excluding carboxylic acids is 4. The Hall–Kier alpha value is -2.38. The van der Waals surface area contributed by atoms with Gasteiger partial charge in [0.1, 0.15) is 5.70 Å². The van der Waals surface area contributed by atoms with E-state index in [9.17, 15) is 19.2 Å². The summed E-state index contributed by atoms with van der Waals surface area (Å²) in [4.78, 5) is 42.1. The SMILES string of the molecule is COC(=O)C(NC=O)=C(NC=O)C(N)=O. The van der Waals surface area contributed by atoms with E-state index in [1.807, 2.05) is 10.6 Å². The Kier molecular flexibility index (Phi) is 5.16. The molecule has 0 aliphatic rings. The summed E-state index contributed by atoms with van der Waals surface area (Å²) in [5.41, 5.74) is 3.78. The van der Waals surface area contributed by atoms with Gasteiger partial charge in [-0.25, -0.2) is 4.79 Å². The van der Waals surface area contributed by atoms with Crippen molar-refractivity contribution in [1.29, 1.82) is 0 Å². The molecule has 0 fully saturated rings. The number of nitrogens with one attached hydrogen (secondary N) is 2. The molecule has 0 aliphatic carbocycles. The lowest BCUT2D eigenvalue weighted by Gasteiger charge is -2.08. The van der Waals surface area contributed by atoms with E-state index in [2.05, 4.69) is 4.74 Å². The van der Waals surface area contributed by atoms with Gasteiger partial charge in [0.15, 0.2) is 5.70 Å². The number of ether oxygens (including phenoxy) is 1. The first-order chi connectivity index (χ1) is 7.08. The third-order valence-corrected chi connectivity index (χ3v) is 1.29. The molecule has 0 atom stereocenters. The third-order valence-electron chi connectivity index (χ3n) is 1.29. The number of hydrogen-bond donors (Lipinski definition) is 3. The largest absolute Gasteiger partial charge is 0.464 e. The Bertz CT molecular complexity index is 323. The molecule has 0 saturated carbocycles. The van der Waals surface area contributed by atoms with Crippen molar-refractivity contribution in [2.45, 2.75) is 0 Å². The molecule has 0 aromatic heterocycles. The second-order valence-corrected chi connectivity index (χ2v) is 2.13. The molecule has 4 N–H and O–H groups in total. The van der Waals surface area contributed by atoms with E-state index in [1.165, 1.54) is 0 Å². The van der Waals surface area contributed by atoms with Crippen LogP contribution < -0.4 is 16.4 Å². The predicted molar refractivity (Wildman–Crippen MR) is 46.6 cm³/mol. The summed E-state index contributed by atoms with van der Waals surface area (Å²) >= 11 is 0. The number of esters is 1. The van der Waals surface area contributed by atoms with Crippen molar-refractivity contribution in [2.24, 2.45) is 5.73 Å². The van der Waals surface area contributed by atoms with E-state index in [4.69, 9.17) is 5.73 Å². The van der Waals surface area contributed by atoms with Crippen LogP contribution in [0.1, 0.15) is 0 Å². The van der Waals surface area contributed by atoms with Gasteiger partial charge >= 0.3 is 5.97 Å². The molecule has 8 heteroatoms. The molecule has 0 heterocycles. The van der Waals surface area contributed by atoms with Crippen molar-refractivity contribution in [1.82, 2.24) is 10.6 Å². The lowest BCUT2D eigenvalue weighted by atomic mass is 10.3. The van der Waals surface area contributed by atoms with E-state index >= 15 is 0 Å². The van der Waals surface area contributed by atoms with E-state index in [0.717, 1.165) is 7.11 Å². The highest BCUT2D eigenvalue weighted by Crippen LogP contribution is 1.98. The number of rotatable bonds is 6. The third kappa shape index (κ3) is 3.46. The lowest BCUT2D eigenvalue weighted by molar-refractivity contribution is -0.137. The minimum atomic E-state index is -1.09. The van der Waals surface area contributed by atoms with Crippen molar-refractivity contribution in [3.8, 4) is 0 Å². The maximum absolute atomic E-state index is 11.1. The van der Waals surface area contributed by atoms with E-state index in [-0.39, 0.29) is 12.8 Å². The molecule has 0 rings (SSSR count). The Morgan fingerprint density at radius 2 is 1.60 bits per heavy atom. The van der Waals surface area contributed by atoms with Crippen LogP contribution in [-0.4, -0.2) is 31.8 Å². The molecular weight excluding hydrogens is 206 g/mol. The van der Waals surface area contributed by atoms with Gasteiger partial charge in [-0.2, -0.15) is 0 Å². The highest BCUT2D eigenvalue weighted by atomic mass is 16.5. The van der Waals surface area contributed by atoms with Gasteiger partial charge in [-0.05, 0) is 0 Å². The molecular formula is C7H9N3O5. The van der Waals surface area contributed by atoms with E-state index in [0.29, 0.717) is 0 Å². The quantitative estimate of drug-likeness (QED) is 0.253. The Morgan fingerprint density at radius 3 is 1.93 bits per heavy atom. The Morgan fingerprint density at radius 1 is 1.13 bits per heavy atom. The summed E-state index contributed by atoms with van der Waals surface area (Å²) < 4.78 is 4.26. The second-order valence-electron chi connectivity index (χ2n) is 2.13. The molecule has 0 aliphatic heterocycles. The summed E-state index contributed by atoms with van der Waals surface area (Å²) in [5, 5.41) is 3.79. The standard InChI is InChI=1S/C7H9N3O5/c1-15-7(14)5(10-3-12)4(6(8)13)9-2-11/h2-3H,1H3,(H2,8,13)(H,9,11)(H,10,12). The number of carbonyl (C=O) groups is 4. The van der Waals surface area contributed by atoms with Gasteiger partial charge in [0.2, 0.25) is 12.8 Å². The van der Waals surface area contributed by atoms with Gasteiger partial charge in [0.05, 0.1) is 7.11 Å². The topological polar surface area (TPSA) is 128 Å². The van der Waals surface area contributed by atoms with Crippen LogP contribution in [0.2, 0.25) is 0 Å². The monoisotopic (exact) mass is 215 g/mol. The minimum absolute atomic E-state index is 0.134. The second kappa shape index (κ2) is 6.13. The van der Waals surface area contributed by atoms with Crippen molar-refractivity contribution in [3.63, 3.8) is 0 Å². The van der Waals surface area contributed by atoms with Crippen LogP contribution in [0.5, 0.6) is 0 Å². The normalized spacial score (nSPS) is 10.7. The van der Waals surface area contributed by atoms with Crippen molar-refractivity contribution in [2.75, 3.05) is 7.11 Å². The molecule has 82 valence electrons. The van der Waals surface area contributed by atoms with Crippen LogP contribution in [0.3, 0.4) is 0 Å². The average molecular weight is 215 g/mol. The van der Waals surface area contributed by atoms with Gasteiger partial charge in [-0.15, -0.1) is 0 Å². The number of hydrogen-bond acceptors (Lipinski definition) is 5. The summed E-state index contributed by atoms with van der Waals surface area (Å²) in [6.45, 7) is 0. The summed E-state index contributed by atoms with van der Waals surface area (Å²) in [6, 6.07) is 0. The van der Waals surface area contributed by atoms with E-state index < -0.39 is 23.3 Å². The lowest BCUT2D eigenvalue weighted by Crippen LogP contribution is -2.34. The highest BCUT2D eigenvalue weighted by molar-refractivity contribution is 6.03. The zero-order chi connectivity index (χ0) is 11.8. The predicted octanol–water partition coefficient (Wildman–Crippen LogP) is -2.65. The molecule has 0 saturated heterocycles. The molecule has 15 heavy (non-hydrogen) atoms. The van der Waals surface area contributed by atoms with Crippen LogP contribution >= 0.6 is 0 Å². The summed E-state index contributed by atoms with van der Waals surface area (Å²) in [6.07, 6.45) is 0.275. The molecule has 0 radical (unpaired) electrons. The first-order valence-electron chi connectivity index (χ1n) is 3.61. The van der Waals surface area contributed by atoms with Crippen LogP contribution in [0.15, 0.2) is 11.4 Å². The molecule has 3 amide bonds. The smallest absolute Gasteiger partial charge is 0.356 e. The molecule has 0 bridgehead atoms. The van der Waals surface area contributed by atoms with Gasteiger partial charge in [0.25, 0.3) is 5.91 Å². The number of nitrogens with two attached hydrogens (primary N) is 1. The van der Waals surface area contributed by atoms with Crippen molar-refractivity contribution >= 4 is 24.7 Å². The van der Waals surface area contributed by atoms with Crippen molar-refractivity contribution in [3.05, 3.63) is 11.4 Å². The van der Waals surface area contributed by atoms with E-state index in [1.54, 1.807) is 0 Å². The minimum Gasteiger partial charge on any atom is -0.464 e. The Balaban J connectivity index is 5.31. The summed E-state index contributed by atoms with van der Waals surface area (Å²) in [7, 11) is 1.04. The van der Waals surface area contributed by atoms with Crippen molar-refractivity contribution < 1.29 is 23.9 Å².